The van der Waals surface area contributed by atoms with Crippen LogP contribution < -0.4 is 4.74 Å². The van der Waals surface area contributed by atoms with Gasteiger partial charge in [0.15, 0.2) is 17.0 Å². The predicted octanol–water partition coefficient (Wildman–Crippen LogP) is 3.02. The molecule has 1 aliphatic rings. The molecule has 0 saturated heterocycles. The molecule has 1 heterocycles. The number of hydrogen-bond donors (Lipinski definition) is 1. The summed E-state index contributed by atoms with van der Waals surface area (Å²) in [4.78, 5) is 16.5. The predicted molar refractivity (Wildman–Crippen MR) is 96.5 cm³/mol. The minimum absolute atomic E-state index is 0.0618. The maximum absolute atomic E-state index is 12.0. The largest absolute Gasteiger partial charge is 0.504 e. The fourth-order valence-electron chi connectivity index (χ4n) is 1.99. The van der Waals surface area contributed by atoms with Gasteiger partial charge in [0.1, 0.15) is 5.04 Å². The third kappa shape index (κ3) is 3.68. The quantitative estimate of drug-likeness (QED) is 0.423. The molecule has 1 aliphatic heterocycles. The van der Waals surface area contributed by atoms with Crippen molar-refractivity contribution >= 4 is 45.4 Å². The molecule has 22 heavy (non-hydrogen) atoms. The van der Waals surface area contributed by atoms with Crippen molar-refractivity contribution in [2.75, 3.05) is 23.4 Å². The van der Waals surface area contributed by atoms with Crippen LogP contribution in [0.5, 0.6) is 11.5 Å². The van der Waals surface area contributed by atoms with Crippen LogP contribution in [0.25, 0.3) is 0 Å². The van der Waals surface area contributed by atoms with Crippen LogP contribution in [-0.4, -0.2) is 45.1 Å². The number of alkyl halides is 1. The standard InChI is InChI=1S/C15H18INO4S/c1-3-20-14(19)15(2)9-22-13(17-15)10-5-4-6-11(12(10)18)21-8-7-16/h4-6,18H,3,7-9H2,1-2H3/t15-/m1/s1. The van der Waals surface area contributed by atoms with Crippen molar-refractivity contribution < 1.29 is 19.4 Å². The zero-order chi connectivity index (χ0) is 16.2. The fourth-order valence-corrected chi connectivity index (χ4v) is 3.39. The summed E-state index contributed by atoms with van der Waals surface area (Å²) >= 11 is 3.64. The summed E-state index contributed by atoms with van der Waals surface area (Å²) in [6.45, 7) is 4.37. The van der Waals surface area contributed by atoms with Gasteiger partial charge in [-0.15, -0.1) is 11.8 Å². The van der Waals surface area contributed by atoms with Crippen LogP contribution in [0.2, 0.25) is 0 Å². The summed E-state index contributed by atoms with van der Waals surface area (Å²) < 4.78 is 11.4. The summed E-state index contributed by atoms with van der Waals surface area (Å²) in [5.74, 6) is 0.655. The van der Waals surface area contributed by atoms with E-state index in [-0.39, 0.29) is 11.7 Å². The number of benzene rings is 1. The molecule has 0 fully saturated rings. The normalized spacial score (nSPS) is 20.6. The Morgan fingerprint density at radius 1 is 1.55 bits per heavy atom. The van der Waals surface area contributed by atoms with E-state index in [2.05, 4.69) is 27.6 Å². The molecule has 0 unspecified atom stereocenters. The summed E-state index contributed by atoms with van der Waals surface area (Å²) in [7, 11) is 0. The third-order valence-corrected chi connectivity index (χ3v) is 4.85. The number of hydrogen-bond acceptors (Lipinski definition) is 6. The molecular formula is C15H18INO4S. The molecule has 0 aromatic heterocycles. The molecule has 7 heteroatoms. The molecule has 0 radical (unpaired) electrons. The lowest BCUT2D eigenvalue weighted by molar-refractivity contribution is -0.147. The monoisotopic (exact) mass is 435 g/mol. The summed E-state index contributed by atoms with van der Waals surface area (Å²) in [5, 5.41) is 11.0. The molecule has 5 nitrogen and oxygen atoms in total. The smallest absolute Gasteiger partial charge is 0.334 e. The molecule has 1 N–H and O–H groups in total. The lowest BCUT2D eigenvalue weighted by Gasteiger charge is -2.16. The lowest BCUT2D eigenvalue weighted by atomic mass is 10.1. The molecule has 2 rings (SSSR count). The third-order valence-electron chi connectivity index (χ3n) is 3.12. The molecule has 0 aliphatic carbocycles. The highest BCUT2D eigenvalue weighted by Gasteiger charge is 2.40. The van der Waals surface area contributed by atoms with Gasteiger partial charge in [-0.1, -0.05) is 28.7 Å². The van der Waals surface area contributed by atoms with E-state index in [1.165, 1.54) is 11.8 Å². The molecule has 1 atom stereocenters. The van der Waals surface area contributed by atoms with Gasteiger partial charge in [-0.3, -0.25) is 4.99 Å². The second-order valence-corrected chi connectivity index (χ2v) is 6.93. The van der Waals surface area contributed by atoms with E-state index >= 15 is 0 Å². The van der Waals surface area contributed by atoms with E-state index in [1.54, 1.807) is 32.0 Å². The SMILES string of the molecule is CCOC(=O)[C@@]1(C)CSC(c2cccc(OCCI)c2O)=N1. The molecule has 120 valence electrons. The van der Waals surface area contributed by atoms with E-state index in [4.69, 9.17) is 9.47 Å². The number of esters is 1. The zero-order valence-corrected chi connectivity index (χ0v) is 15.4. The number of nitrogens with zero attached hydrogens (tertiary/aromatic N) is 1. The van der Waals surface area contributed by atoms with Gasteiger partial charge in [0.2, 0.25) is 0 Å². The van der Waals surface area contributed by atoms with Crippen molar-refractivity contribution in [2.45, 2.75) is 19.4 Å². The van der Waals surface area contributed by atoms with Gasteiger partial charge < -0.3 is 14.6 Å². The number of aliphatic imine (C=N–C) groups is 1. The number of para-hydroxylation sites is 1. The minimum Gasteiger partial charge on any atom is -0.504 e. The summed E-state index contributed by atoms with van der Waals surface area (Å²) in [6, 6.07) is 5.30. The molecule has 0 amide bonds. The second kappa shape index (κ2) is 7.54. The Kier molecular flexibility index (Phi) is 5.96. The number of aromatic hydroxyl groups is 1. The highest BCUT2D eigenvalue weighted by Crippen LogP contribution is 2.38. The van der Waals surface area contributed by atoms with Crippen molar-refractivity contribution in [3.63, 3.8) is 0 Å². The summed E-state index contributed by atoms with van der Waals surface area (Å²) in [5.41, 5.74) is -0.314. The molecule has 0 saturated carbocycles. The van der Waals surface area contributed by atoms with Crippen LogP contribution in [0.3, 0.4) is 0 Å². The first-order valence-corrected chi connectivity index (χ1v) is 9.44. The van der Waals surface area contributed by atoms with Crippen molar-refractivity contribution in [3.8, 4) is 11.5 Å². The highest BCUT2D eigenvalue weighted by molar-refractivity contribution is 14.1. The second-order valence-electron chi connectivity index (χ2n) is 4.89. The van der Waals surface area contributed by atoms with Crippen LogP contribution in [0.1, 0.15) is 19.4 Å². The van der Waals surface area contributed by atoms with Gasteiger partial charge >= 0.3 is 5.97 Å². The first-order chi connectivity index (χ1) is 10.5. The molecular weight excluding hydrogens is 417 g/mol. The van der Waals surface area contributed by atoms with Crippen LogP contribution in [0, 0.1) is 0 Å². The maximum Gasteiger partial charge on any atom is 0.334 e. The van der Waals surface area contributed by atoms with E-state index in [1.807, 2.05) is 0 Å². The molecule has 1 aromatic rings. The van der Waals surface area contributed by atoms with Crippen molar-refractivity contribution in [1.29, 1.82) is 0 Å². The number of halogens is 1. The first-order valence-electron chi connectivity index (χ1n) is 6.93. The first kappa shape index (κ1) is 17.4. The average Bonchev–Trinajstić information content (AvgIpc) is 2.90. The van der Waals surface area contributed by atoms with E-state index in [0.717, 1.165) is 4.43 Å². The van der Waals surface area contributed by atoms with Gasteiger partial charge in [-0.25, -0.2) is 4.79 Å². The van der Waals surface area contributed by atoms with Gasteiger partial charge in [-0.05, 0) is 26.0 Å². The Morgan fingerprint density at radius 3 is 3.00 bits per heavy atom. The zero-order valence-electron chi connectivity index (χ0n) is 12.5. The molecule has 0 spiro atoms. The minimum atomic E-state index is -0.901. The topological polar surface area (TPSA) is 68.1 Å². The van der Waals surface area contributed by atoms with Crippen molar-refractivity contribution in [1.82, 2.24) is 0 Å². The Labute approximate surface area is 147 Å². The van der Waals surface area contributed by atoms with E-state index < -0.39 is 5.54 Å². The number of phenolic OH excluding ortho intramolecular Hbond substituents is 1. The van der Waals surface area contributed by atoms with E-state index in [9.17, 15) is 9.90 Å². The highest BCUT2D eigenvalue weighted by atomic mass is 127. The maximum atomic E-state index is 12.0. The molecule has 0 bridgehead atoms. The Balaban J connectivity index is 2.27. The van der Waals surface area contributed by atoms with Crippen LogP contribution in [0.4, 0.5) is 0 Å². The number of thioether (sulfide) groups is 1. The average molecular weight is 435 g/mol. The van der Waals surface area contributed by atoms with Gasteiger partial charge in [0.05, 0.1) is 18.8 Å². The van der Waals surface area contributed by atoms with Gasteiger partial charge in [-0.2, -0.15) is 0 Å². The Hall–Kier alpha value is -0.960. The number of carbonyl (C=O) groups is 1. The summed E-state index contributed by atoms with van der Waals surface area (Å²) in [6.07, 6.45) is 0. The molecule has 1 aromatic carbocycles. The van der Waals surface area contributed by atoms with Crippen molar-refractivity contribution in [2.24, 2.45) is 4.99 Å². The van der Waals surface area contributed by atoms with Crippen LogP contribution in [-0.2, 0) is 9.53 Å². The Bertz CT molecular complexity index is 593. The number of rotatable bonds is 6. The Morgan fingerprint density at radius 2 is 2.32 bits per heavy atom. The lowest BCUT2D eigenvalue weighted by Crippen LogP contribution is -2.35. The van der Waals surface area contributed by atoms with Crippen LogP contribution in [0.15, 0.2) is 23.2 Å². The van der Waals surface area contributed by atoms with Gasteiger partial charge in [0.25, 0.3) is 0 Å². The van der Waals surface area contributed by atoms with E-state index in [0.29, 0.717) is 35.3 Å². The van der Waals surface area contributed by atoms with Crippen molar-refractivity contribution in [3.05, 3.63) is 23.8 Å². The number of ether oxygens (including phenoxy) is 2. The van der Waals surface area contributed by atoms with Gasteiger partial charge in [0, 0.05) is 10.2 Å². The van der Waals surface area contributed by atoms with Crippen LogP contribution >= 0.6 is 34.4 Å². The number of carbonyl (C=O) groups excluding carboxylic acids is 1. The fraction of sp³-hybridized carbons (Fsp3) is 0.467. The number of phenols is 1.